The number of nitrogen functional groups attached to an aromatic ring is 1. The molecule has 16 heavy (non-hydrogen) atoms. The van der Waals surface area contributed by atoms with Gasteiger partial charge in [0.25, 0.3) is 0 Å². The summed E-state index contributed by atoms with van der Waals surface area (Å²) < 4.78 is 0. The Morgan fingerprint density at radius 2 is 1.56 bits per heavy atom. The van der Waals surface area contributed by atoms with E-state index >= 15 is 0 Å². The van der Waals surface area contributed by atoms with Crippen LogP contribution in [-0.2, 0) is 6.42 Å². The van der Waals surface area contributed by atoms with Gasteiger partial charge in [0, 0.05) is 12.2 Å². The maximum Gasteiger partial charge on any atom is 0.0314 e. The van der Waals surface area contributed by atoms with E-state index in [9.17, 15) is 0 Å². The van der Waals surface area contributed by atoms with Gasteiger partial charge in [0.05, 0.1) is 0 Å². The van der Waals surface area contributed by atoms with Crippen LogP contribution < -0.4 is 5.73 Å². The molecule has 0 atom stereocenters. The first-order valence-corrected chi connectivity index (χ1v) is 6.41. The van der Waals surface area contributed by atoms with E-state index in [0.29, 0.717) is 0 Å². The van der Waals surface area contributed by atoms with E-state index in [-0.39, 0.29) is 0 Å². The second-order valence-electron chi connectivity index (χ2n) is 4.75. The normalized spacial score (nSPS) is 18.2. The summed E-state index contributed by atoms with van der Waals surface area (Å²) >= 11 is 0. The summed E-state index contributed by atoms with van der Waals surface area (Å²) in [5, 5.41) is 0. The predicted molar refractivity (Wildman–Crippen MR) is 69.5 cm³/mol. The average molecular weight is 218 g/mol. The zero-order chi connectivity index (χ0) is 11.2. The second-order valence-corrected chi connectivity index (χ2v) is 4.75. The van der Waals surface area contributed by atoms with Crippen molar-refractivity contribution >= 4 is 5.69 Å². The first kappa shape index (κ1) is 11.5. The quantitative estimate of drug-likeness (QED) is 0.790. The van der Waals surface area contributed by atoms with E-state index in [4.69, 9.17) is 5.73 Å². The van der Waals surface area contributed by atoms with Crippen molar-refractivity contribution in [2.24, 2.45) is 0 Å². The van der Waals surface area contributed by atoms with Gasteiger partial charge in [-0.25, -0.2) is 0 Å². The van der Waals surface area contributed by atoms with Crippen LogP contribution >= 0.6 is 0 Å². The fourth-order valence-corrected chi connectivity index (χ4v) is 2.33. The van der Waals surface area contributed by atoms with Gasteiger partial charge < -0.3 is 10.6 Å². The minimum absolute atomic E-state index is 0.860. The van der Waals surface area contributed by atoms with Crippen molar-refractivity contribution in [3.63, 3.8) is 0 Å². The Balaban J connectivity index is 1.79. The number of nitrogens with zero attached hydrogens (tertiary/aromatic N) is 1. The van der Waals surface area contributed by atoms with Gasteiger partial charge >= 0.3 is 0 Å². The lowest BCUT2D eigenvalue weighted by molar-refractivity contribution is 0.289. The number of hydrogen-bond donors (Lipinski definition) is 1. The van der Waals surface area contributed by atoms with Crippen molar-refractivity contribution in [3.8, 4) is 0 Å². The maximum atomic E-state index is 5.68. The molecule has 2 rings (SSSR count). The Morgan fingerprint density at radius 3 is 2.19 bits per heavy atom. The van der Waals surface area contributed by atoms with Crippen LogP contribution in [0.15, 0.2) is 24.3 Å². The van der Waals surface area contributed by atoms with Crippen LogP contribution in [0.5, 0.6) is 0 Å². The van der Waals surface area contributed by atoms with Crippen LogP contribution in [0.1, 0.15) is 31.2 Å². The van der Waals surface area contributed by atoms with Gasteiger partial charge in [-0.05, 0) is 50.0 Å². The highest BCUT2D eigenvalue weighted by molar-refractivity contribution is 5.39. The number of nitrogens with two attached hydrogens (primary N) is 1. The summed E-state index contributed by atoms with van der Waals surface area (Å²) in [5.41, 5.74) is 7.94. The molecule has 1 aliphatic heterocycles. The Bertz CT molecular complexity index is 297. The van der Waals surface area contributed by atoms with Gasteiger partial charge in [0.1, 0.15) is 0 Å². The number of likely N-dealkylation sites (tertiary alicyclic amines) is 1. The predicted octanol–water partition coefficient (Wildman–Crippen LogP) is 2.69. The van der Waals surface area contributed by atoms with Gasteiger partial charge in [0.15, 0.2) is 0 Å². The highest BCUT2D eigenvalue weighted by atomic mass is 15.1. The van der Waals surface area contributed by atoms with E-state index in [1.54, 1.807) is 0 Å². The topological polar surface area (TPSA) is 29.3 Å². The van der Waals surface area contributed by atoms with Crippen molar-refractivity contribution < 1.29 is 0 Å². The van der Waals surface area contributed by atoms with E-state index in [1.165, 1.54) is 50.9 Å². The lowest BCUT2D eigenvalue weighted by Crippen LogP contribution is -2.26. The first-order chi connectivity index (χ1) is 7.84. The molecule has 0 unspecified atom stereocenters. The monoisotopic (exact) mass is 218 g/mol. The molecular formula is C14H22N2. The molecule has 1 aromatic carbocycles. The highest BCUT2D eigenvalue weighted by Crippen LogP contribution is 2.11. The Kier molecular flexibility index (Phi) is 4.23. The summed E-state index contributed by atoms with van der Waals surface area (Å²) in [6.45, 7) is 3.77. The maximum absolute atomic E-state index is 5.68. The van der Waals surface area contributed by atoms with Gasteiger partial charge in [-0.2, -0.15) is 0 Å². The summed E-state index contributed by atoms with van der Waals surface area (Å²) in [7, 11) is 0. The van der Waals surface area contributed by atoms with E-state index in [2.05, 4.69) is 17.0 Å². The van der Waals surface area contributed by atoms with Crippen LogP contribution in [0.2, 0.25) is 0 Å². The van der Waals surface area contributed by atoms with E-state index in [0.717, 1.165) is 12.1 Å². The molecule has 1 heterocycles. The third-order valence-corrected chi connectivity index (χ3v) is 3.40. The molecule has 2 nitrogen and oxygen atoms in total. The molecule has 88 valence electrons. The number of rotatable bonds is 3. The molecule has 0 radical (unpaired) electrons. The zero-order valence-corrected chi connectivity index (χ0v) is 9.99. The fourth-order valence-electron chi connectivity index (χ4n) is 2.33. The molecule has 0 saturated carbocycles. The van der Waals surface area contributed by atoms with Crippen molar-refractivity contribution in [2.75, 3.05) is 25.4 Å². The summed E-state index contributed by atoms with van der Waals surface area (Å²) in [5.74, 6) is 0. The van der Waals surface area contributed by atoms with Crippen LogP contribution in [-0.4, -0.2) is 24.5 Å². The minimum Gasteiger partial charge on any atom is -0.399 e. The van der Waals surface area contributed by atoms with Crippen LogP contribution in [0, 0.1) is 0 Å². The summed E-state index contributed by atoms with van der Waals surface area (Å²) in [6.07, 6.45) is 6.74. The molecule has 1 saturated heterocycles. The van der Waals surface area contributed by atoms with Crippen molar-refractivity contribution in [1.29, 1.82) is 0 Å². The molecule has 2 N–H and O–H groups in total. The molecule has 1 aromatic rings. The van der Waals surface area contributed by atoms with Crippen molar-refractivity contribution in [2.45, 2.75) is 32.1 Å². The molecule has 0 bridgehead atoms. The van der Waals surface area contributed by atoms with Crippen molar-refractivity contribution in [3.05, 3.63) is 29.8 Å². The van der Waals surface area contributed by atoms with Gasteiger partial charge in [0.2, 0.25) is 0 Å². The Hall–Kier alpha value is -1.02. The van der Waals surface area contributed by atoms with E-state index in [1.807, 2.05) is 12.1 Å². The van der Waals surface area contributed by atoms with Gasteiger partial charge in [-0.3, -0.25) is 0 Å². The largest absolute Gasteiger partial charge is 0.399 e. The molecule has 0 aliphatic carbocycles. The fraction of sp³-hybridized carbons (Fsp3) is 0.571. The molecular weight excluding hydrogens is 196 g/mol. The Morgan fingerprint density at radius 1 is 0.938 bits per heavy atom. The molecule has 0 amide bonds. The van der Waals surface area contributed by atoms with Gasteiger partial charge in [-0.1, -0.05) is 25.0 Å². The lowest BCUT2D eigenvalue weighted by atomic mass is 10.1. The standard InChI is InChI=1S/C14H22N2/c15-14-7-5-13(6-8-14)9-12-16-10-3-1-2-4-11-16/h5-8H,1-4,9-12,15H2. The molecule has 0 spiro atoms. The SMILES string of the molecule is Nc1ccc(CCN2CCCCCC2)cc1. The second kappa shape index (κ2) is 5.90. The average Bonchev–Trinajstić information content (AvgIpc) is 2.57. The third-order valence-electron chi connectivity index (χ3n) is 3.40. The third kappa shape index (κ3) is 3.53. The van der Waals surface area contributed by atoms with Gasteiger partial charge in [-0.15, -0.1) is 0 Å². The van der Waals surface area contributed by atoms with Crippen LogP contribution in [0.4, 0.5) is 5.69 Å². The van der Waals surface area contributed by atoms with Crippen molar-refractivity contribution in [1.82, 2.24) is 4.90 Å². The summed E-state index contributed by atoms with van der Waals surface area (Å²) in [4.78, 5) is 2.60. The molecule has 0 aromatic heterocycles. The highest BCUT2D eigenvalue weighted by Gasteiger charge is 2.08. The molecule has 1 fully saturated rings. The zero-order valence-electron chi connectivity index (χ0n) is 9.99. The van der Waals surface area contributed by atoms with E-state index < -0.39 is 0 Å². The summed E-state index contributed by atoms with van der Waals surface area (Å²) in [6, 6.07) is 8.29. The smallest absolute Gasteiger partial charge is 0.0314 e. The number of hydrogen-bond acceptors (Lipinski definition) is 2. The Labute approximate surface area is 98.4 Å². The lowest BCUT2D eigenvalue weighted by Gasteiger charge is -2.19. The molecule has 2 heteroatoms. The number of anilines is 1. The molecule has 1 aliphatic rings. The van der Waals surface area contributed by atoms with Crippen LogP contribution in [0.3, 0.4) is 0 Å². The first-order valence-electron chi connectivity index (χ1n) is 6.41. The minimum atomic E-state index is 0.860. The van der Waals surface area contributed by atoms with Crippen LogP contribution in [0.25, 0.3) is 0 Å². The number of benzene rings is 1.